The zero-order chi connectivity index (χ0) is 10.8. The first-order valence-corrected chi connectivity index (χ1v) is 6.91. The number of nitrogens with two attached hydrogens (primary N) is 1. The minimum atomic E-state index is -3.36. The van der Waals surface area contributed by atoms with Crippen molar-refractivity contribution in [1.29, 1.82) is 0 Å². The Morgan fingerprint density at radius 2 is 2.14 bits per heavy atom. The van der Waals surface area contributed by atoms with E-state index in [1.54, 1.807) is 6.07 Å². The van der Waals surface area contributed by atoms with E-state index in [-0.39, 0.29) is 11.7 Å². The van der Waals surface area contributed by atoms with E-state index in [1.165, 1.54) is 11.8 Å². The number of hydrogen-bond donors (Lipinski definition) is 1. The minimum absolute atomic E-state index is 0.162. The maximum absolute atomic E-state index is 11.2. The van der Waals surface area contributed by atoms with Gasteiger partial charge in [0.15, 0.2) is 0 Å². The predicted molar refractivity (Wildman–Crippen MR) is 54.8 cm³/mol. The van der Waals surface area contributed by atoms with Crippen molar-refractivity contribution in [2.24, 2.45) is 5.73 Å². The molecule has 0 fully saturated rings. The fourth-order valence-electron chi connectivity index (χ4n) is 0.824. The highest BCUT2D eigenvalue weighted by Crippen LogP contribution is 2.14. The molecule has 5 nitrogen and oxygen atoms in total. The molecule has 0 bridgehead atoms. The second kappa shape index (κ2) is 4.24. The van der Waals surface area contributed by atoms with Crippen LogP contribution >= 0.6 is 11.8 Å². The summed E-state index contributed by atoms with van der Waals surface area (Å²) in [6.07, 6.45) is 2.89. The van der Waals surface area contributed by atoms with Gasteiger partial charge in [0.2, 0.25) is 15.0 Å². The van der Waals surface area contributed by atoms with Gasteiger partial charge in [-0.25, -0.2) is 18.4 Å². The third kappa shape index (κ3) is 2.66. The molecule has 0 atom stereocenters. The molecule has 78 valence electrons. The van der Waals surface area contributed by atoms with Crippen molar-refractivity contribution >= 4 is 21.6 Å². The zero-order valence-electron chi connectivity index (χ0n) is 7.89. The number of rotatable bonds is 3. The molecule has 0 aliphatic rings. The van der Waals surface area contributed by atoms with E-state index in [0.29, 0.717) is 10.7 Å². The lowest BCUT2D eigenvalue weighted by Gasteiger charge is -2.02. The van der Waals surface area contributed by atoms with Crippen LogP contribution in [0, 0.1) is 0 Å². The summed E-state index contributed by atoms with van der Waals surface area (Å²) in [5, 5.41) is 0.450. The summed E-state index contributed by atoms with van der Waals surface area (Å²) in [4.78, 5) is 7.71. The van der Waals surface area contributed by atoms with Crippen LogP contribution in [0.25, 0.3) is 0 Å². The highest BCUT2D eigenvalue weighted by atomic mass is 32.2. The van der Waals surface area contributed by atoms with Crippen LogP contribution in [0.1, 0.15) is 5.69 Å². The van der Waals surface area contributed by atoms with E-state index in [9.17, 15) is 8.42 Å². The van der Waals surface area contributed by atoms with Gasteiger partial charge in [-0.1, -0.05) is 0 Å². The Kier molecular flexibility index (Phi) is 3.46. The van der Waals surface area contributed by atoms with Gasteiger partial charge >= 0.3 is 0 Å². The van der Waals surface area contributed by atoms with E-state index in [4.69, 9.17) is 5.73 Å². The first-order chi connectivity index (χ1) is 6.47. The summed E-state index contributed by atoms with van der Waals surface area (Å²) in [5.74, 6) is 0. The molecule has 0 saturated carbocycles. The van der Waals surface area contributed by atoms with E-state index >= 15 is 0 Å². The Morgan fingerprint density at radius 1 is 1.50 bits per heavy atom. The lowest BCUT2D eigenvalue weighted by atomic mass is 10.4. The Morgan fingerprint density at radius 3 is 2.57 bits per heavy atom. The Hall–Kier alpha value is -0.660. The first-order valence-electron chi connectivity index (χ1n) is 3.79. The van der Waals surface area contributed by atoms with Crippen LogP contribution in [0.15, 0.2) is 16.2 Å². The van der Waals surface area contributed by atoms with Gasteiger partial charge in [0, 0.05) is 12.8 Å². The largest absolute Gasteiger partial charge is 0.325 e. The van der Waals surface area contributed by atoms with Gasteiger partial charge < -0.3 is 5.73 Å². The Balaban J connectivity index is 3.32. The van der Waals surface area contributed by atoms with Gasteiger partial charge in [-0.15, -0.1) is 11.8 Å². The van der Waals surface area contributed by atoms with Gasteiger partial charge in [-0.2, -0.15) is 0 Å². The van der Waals surface area contributed by atoms with E-state index in [1.807, 2.05) is 6.26 Å². The molecule has 0 saturated heterocycles. The van der Waals surface area contributed by atoms with Crippen molar-refractivity contribution in [2.45, 2.75) is 16.7 Å². The lowest BCUT2D eigenvalue weighted by Crippen LogP contribution is -2.09. The molecule has 0 unspecified atom stereocenters. The topological polar surface area (TPSA) is 85.9 Å². The summed E-state index contributed by atoms with van der Waals surface area (Å²) in [6, 6.07) is 1.68. The highest BCUT2D eigenvalue weighted by Gasteiger charge is 2.13. The smallest absolute Gasteiger partial charge is 0.248 e. The molecule has 2 N–H and O–H groups in total. The van der Waals surface area contributed by atoms with Crippen LogP contribution in [0.5, 0.6) is 0 Å². The molecule has 0 aromatic carbocycles. The standard InChI is InChI=1S/C7H11N3O2S2/c1-13-6-3-5(4-8)9-7(10-6)14(2,11)12/h3H,4,8H2,1-2H3. The molecular weight excluding hydrogens is 222 g/mol. The Labute approximate surface area is 87.1 Å². The second-order valence-electron chi connectivity index (χ2n) is 2.66. The van der Waals surface area contributed by atoms with Crippen molar-refractivity contribution < 1.29 is 8.42 Å². The molecule has 1 aromatic rings. The molecule has 14 heavy (non-hydrogen) atoms. The van der Waals surface area contributed by atoms with Crippen LogP contribution < -0.4 is 5.73 Å². The molecular formula is C7H11N3O2S2. The van der Waals surface area contributed by atoms with Gasteiger partial charge in [0.05, 0.1) is 5.69 Å². The fourth-order valence-corrected chi connectivity index (χ4v) is 1.86. The number of hydrogen-bond acceptors (Lipinski definition) is 6. The van der Waals surface area contributed by atoms with Crippen LogP contribution in [-0.4, -0.2) is 30.9 Å². The molecule has 0 amide bonds. The van der Waals surface area contributed by atoms with Crippen LogP contribution in [0.2, 0.25) is 0 Å². The van der Waals surface area contributed by atoms with Gasteiger partial charge in [0.25, 0.3) is 0 Å². The van der Waals surface area contributed by atoms with E-state index in [0.717, 1.165) is 6.26 Å². The predicted octanol–water partition coefficient (Wildman–Crippen LogP) is 0.0607. The van der Waals surface area contributed by atoms with Gasteiger partial charge in [0.1, 0.15) is 5.03 Å². The fraction of sp³-hybridized carbons (Fsp3) is 0.429. The van der Waals surface area contributed by atoms with Crippen molar-refractivity contribution in [3.63, 3.8) is 0 Å². The average molecular weight is 233 g/mol. The summed E-state index contributed by atoms with van der Waals surface area (Å²) in [6.45, 7) is 0.207. The summed E-state index contributed by atoms with van der Waals surface area (Å²) in [7, 11) is -3.36. The van der Waals surface area contributed by atoms with Crippen LogP contribution in [0.4, 0.5) is 0 Å². The molecule has 1 aromatic heterocycles. The lowest BCUT2D eigenvalue weighted by molar-refractivity contribution is 0.589. The van der Waals surface area contributed by atoms with Crippen molar-refractivity contribution in [1.82, 2.24) is 9.97 Å². The highest BCUT2D eigenvalue weighted by molar-refractivity contribution is 7.98. The molecule has 0 radical (unpaired) electrons. The third-order valence-electron chi connectivity index (χ3n) is 1.49. The van der Waals surface area contributed by atoms with Crippen LogP contribution in [-0.2, 0) is 16.4 Å². The molecule has 7 heteroatoms. The monoisotopic (exact) mass is 233 g/mol. The average Bonchev–Trinajstić information content (AvgIpc) is 2.15. The number of aromatic nitrogens is 2. The SMILES string of the molecule is CSc1cc(CN)nc(S(C)(=O)=O)n1. The summed E-state index contributed by atoms with van der Waals surface area (Å²) >= 11 is 1.36. The number of nitrogens with zero attached hydrogens (tertiary/aromatic N) is 2. The quantitative estimate of drug-likeness (QED) is 0.451. The second-order valence-corrected chi connectivity index (χ2v) is 5.40. The van der Waals surface area contributed by atoms with Crippen LogP contribution in [0.3, 0.4) is 0 Å². The number of sulfone groups is 1. The molecule has 1 rings (SSSR count). The molecule has 1 heterocycles. The minimum Gasteiger partial charge on any atom is -0.325 e. The third-order valence-corrected chi connectivity index (χ3v) is 2.96. The van der Waals surface area contributed by atoms with Crippen molar-refractivity contribution in [2.75, 3.05) is 12.5 Å². The van der Waals surface area contributed by atoms with Gasteiger partial charge in [-0.3, -0.25) is 0 Å². The first kappa shape index (κ1) is 11.4. The Bertz CT molecular complexity index is 408. The van der Waals surface area contributed by atoms with Gasteiger partial charge in [-0.05, 0) is 12.3 Å². The molecule has 0 aliphatic heterocycles. The number of thioether (sulfide) groups is 1. The zero-order valence-corrected chi connectivity index (χ0v) is 9.52. The van der Waals surface area contributed by atoms with E-state index in [2.05, 4.69) is 9.97 Å². The maximum Gasteiger partial charge on any atom is 0.248 e. The molecule has 0 spiro atoms. The summed E-state index contributed by atoms with van der Waals surface area (Å²) in [5.41, 5.74) is 5.92. The summed E-state index contributed by atoms with van der Waals surface area (Å²) < 4.78 is 22.4. The van der Waals surface area contributed by atoms with Crippen molar-refractivity contribution in [3.8, 4) is 0 Å². The van der Waals surface area contributed by atoms with E-state index < -0.39 is 9.84 Å². The normalized spacial score (nSPS) is 11.6. The van der Waals surface area contributed by atoms with Crippen molar-refractivity contribution in [3.05, 3.63) is 11.8 Å². The molecule has 0 aliphatic carbocycles. The maximum atomic E-state index is 11.2.